The van der Waals surface area contributed by atoms with Gasteiger partial charge in [-0.2, -0.15) is 13.4 Å². The van der Waals surface area contributed by atoms with Crippen molar-refractivity contribution in [3.63, 3.8) is 0 Å². The van der Waals surface area contributed by atoms with Crippen molar-refractivity contribution in [2.75, 3.05) is 32.0 Å². The SMILES string of the molecule is CCN(CC)CC.Nc1nc2c(ncn2[C@@H]2O[C@H](COS(=O)(=O)NC(=O)CCc3c[nH]c4ccccc34)[C@@H](O)[C@H]2O)c(=O)[nH]1. The van der Waals surface area contributed by atoms with Crippen LogP contribution in [0.4, 0.5) is 5.95 Å². The predicted octanol–water partition coefficient (Wildman–Crippen LogP) is 0.161. The number of hydrogen-bond acceptors (Lipinski definition) is 12. The molecule has 0 saturated carbocycles. The lowest BCUT2D eigenvalue weighted by Gasteiger charge is -2.16. The summed E-state index contributed by atoms with van der Waals surface area (Å²) in [5, 5.41) is 21.8. The molecule has 0 bridgehead atoms. The van der Waals surface area contributed by atoms with Gasteiger partial charge in [0.25, 0.3) is 5.56 Å². The molecule has 0 radical (unpaired) electrons. The number of aliphatic hydroxyl groups is 2. The Morgan fingerprint density at radius 1 is 1.18 bits per heavy atom. The number of anilines is 1. The van der Waals surface area contributed by atoms with E-state index in [2.05, 4.69) is 45.6 Å². The van der Waals surface area contributed by atoms with Crippen LogP contribution < -0.4 is 16.0 Å². The lowest BCUT2D eigenvalue weighted by Crippen LogP contribution is -2.37. The number of aromatic amines is 2. The van der Waals surface area contributed by atoms with Gasteiger partial charge >= 0.3 is 10.3 Å². The number of carbonyl (C=O) groups excluding carboxylic acids is 1. The fourth-order valence-electron chi connectivity index (χ4n) is 4.86. The third-order valence-electron chi connectivity index (χ3n) is 7.33. The van der Waals surface area contributed by atoms with Crippen molar-refractivity contribution in [1.82, 2.24) is 34.1 Å². The van der Waals surface area contributed by atoms with Crippen LogP contribution in [0, 0.1) is 0 Å². The van der Waals surface area contributed by atoms with Crippen LogP contribution >= 0.6 is 0 Å². The molecule has 0 aliphatic carbocycles. The Morgan fingerprint density at radius 3 is 2.57 bits per heavy atom. The zero-order chi connectivity index (χ0) is 32.0. The standard InChI is InChI=1S/C21H23N7O8S.C6H15N/c22-21-25-18-15(19(32)26-21)24-9-28(18)20-17(31)16(30)13(36-20)8-35-37(33,34)27-14(29)6-5-10-7-23-12-4-2-1-3-11(10)12;1-4-7(5-2)6-3/h1-4,7,9,13,16-17,20,23,30-31H,5-6,8H2,(H,27,29)(H3,22,25,26,32);4-6H2,1-3H3/t13-,16-,17-,20-;/m1./s1. The molecular formula is C27H38N8O8S. The number of benzene rings is 1. The molecule has 0 unspecified atom stereocenters. The van der Waals surface area contributed by atoms with E-state index in [1.807, 2.05) is 29.0 Å². The number of nitrogens with one attached hydrogen (secondary N) is 3. The van der Waals surface area contributed by atoms with E-state index in [0.717, 1.165) is 16.5 Å². The van der Waals surface area contributed by atoms with Crippen molar-refractivity contribution >= 4 is 44.2 Å². The predicted molar refractivity (Wildman–Crippen MR) is 162 cm³/mol. The summed E-state index contributed by atoms with van der Waals surface area (Å²) < 4.78 is 38.0. The maximum atomic E-state index is 12.3. The van der Waals surface area contributed by atoms with E-state index >= 15 is 0 Å². The topological polar surface area (TPSA) is 231 Å². The number of nitrogens with two attached hydrogens (primary N) is 1. The fraction of sp³-hybridized carbons (Fsp3) is 0.481. The molecule has 5 rings (SSSR count). The van der Waals surface area contributed by atoms with E-state index in [4.69, 9.17) is 14.7 Å². The highest BCUT2D eigenvalue weighted by Crippen LogP contribution is 2.31. The van der Waals surface area contributed by atoms with Crippen LogP contribution in [0.2, 0.25) is 0 Å². The Hall–Kier alpha value is -3.87. The van der Waals surface area contributed by atoms with Gasteiger partial charge in [0.2, 0.25) is 11.9 Å². The third-order valence-corrected chi connectivity index (χ3v) is 8.25. The van der Waals surface area contributed by atoms with Gasteiger partial charge in [-0.15, -0.1) is 0 Å². The summed E-state index contributed by atoms with van der Waals surface area (Å²) in [6, 6.07) is 7.51. The maximum absolute atomic E-state index is 12.3. The van der Waals surface area contributed by atoms with Gasteiger partial charge in [0.15, 0.2) is 17.4 Å². The molecule has 17 heteroatoms. The Bertz CT molecular complexity index is 1730. The first kappa shape index (κ1) is 33.0. The first-order valence-corrected chi connectivity index (χ1v) is 15.6. The van der Waals surface area contributed by atoms with Crippen molar-refractivity contribution in [2.45, 2.75) is 58.2 Å². The van der Waals surface area contributed by atoms with Crippen LogP contribution in [0.1, 0.15) is 39.0 Å². The van der Waals surface area contributed by atoms with Crippen LogP contribution in [-0.2, 0) is 30.4 Å². The van der Waals surface area contributed by atoms with Crippen LogP contribution in [0.15, 0.2) is 41.6 Å². The lowest BCUT2D eigenvalue weighted by atomic mass is 10.1. The highest BCUT2D eigenvalue weighted by Gasteiger charge is 2.45. The summed E-state index contributed by atoms with van der Waals surface area (Å²) in [6.45, 7) is 9.42. The van der Waals surface area contributed by atoms with Crippen molar-refractivity contribution in [2.24, 2.45) is 0 Å². The molecule has 4 atom stereocenters. The molecule has 0 spiro atoms. The molecule has 1 aliphatic rings. The molecule has 16 nitrogen and oxygen atoms in total. The van der Waals surface area contributed by atoms with Gasteiger partial charge in [0.1, 0.15) is 18.3 Å². The Labute approximate surface area is 253 Å². The van der Waals surface area contributed by atoms with E-state index < -0.39 is 52.9 Å². The number of carbonyl (C=O) groups is 1. The second-order valence-electron chi connectivity index (χ2n) is 10.1. The third kappa shape index (κ3) is 7.61. The summed E-state index contributed by atoms with van der Waals surface area (Å²) in [5.41, 5.74) is 6.64. The minimum absolute atomic E-state index is 0.00541. The number of aliphatic hydroxyl groups excluding tert-OH is 2. The highest BCUT2D eigenvalue weighted by molar-refractivity contribution is 7.85. The molecule has 44 heavy (non-hydrogen) atoms. The average Bonchev–Trinajstić information content (AvgIpc) is 3.68. The molecule has 4 aromatic rings. The zero-order valence-corrected chi connectivity index (χ0v) is 25.5. The molecule has 1 fully saturated rings. The highest BCUT2D eigenvalue weighted by atomic mass is 32.2. The Morgan fingerprint density at radius 2 is 1.89 bits per heavy atom. The molecule has 1 aliphatic heterocycles. The number of rotatable bonds is 11. The Kier molecular flexibility index (Phi) is 10.7. The second-order valence-corrected chi connectivity index (χ2v) is 11.4. The monoisotopic (exact) mass is 634 g/mol. The second kappa shape index (κ2) is 14.3. The summed E-state index contributed by atoms with van der Waals surface area (Å²) in [5.74, 6) is -0.978. The number of imidazole rings is 1. The van der Waals surface area contributed by atoms with Crippen LogP contribution in [0.25, 0.3) is 22.1 Å². The number of para-hydroxylation sites is 1. The van der Waals surface area contributed by atoms with Crippen LogP contribution in [0.5, 0.6) is 0 Å². The van der Waals surface area contributed by atoms with E-state index in [1.165, 1.54) is 30.5 Å². The van der Waals surface area contributed by atoms with E-state index in [0.29, 0.717) is 6.42 Å². The molecule has 7 N–H and O–H groups in total. The smallest absolute Gasteiger partial charge is 0.362 e. The van der Waals surface area contributed by atoms with Gasteiger partial charge in [-0.25, -0.2) is 9.71 Å². The lowest BCUT2D eigenvalue weighted by molar-refractivity contribution is -0.119. The molecule has 1 saturated heterocycles. The van der Waals surface area contributed by atoms with Gasteiger partial charge < -0.3 is 30.6 Å². The van der Waals surface area contributed by atoms with Crippen molar-refractivity contribution in [1.29, 1.82) is 0 Å². The number of nitrogens with zero attached hydrogens (tertiary/aromatic N) is 4. The molecule has 1 amide bonds. The summed E-state index contributed by atoms with van der Waals surface area (Å²) in [7, 11) is -4.53. The van der Waals surface area contributed by atoms with Gasteiger partial charge in [0, 0.05) is 23.5 Å². The average molecular weight is 635 g/mol. The van der Waals surface area contributed by atoms with E-state index in [-0.39, 0.29) is 23.5 Å². The summed E-state index contributed by atoms with van der Waals surface area (Å²) in [6.07, 6.45) is -2.56. The number of nitrogen functional groups attached to an aromatic ring is 1. The minimum atomic E-state index is -4.53. The van der Waals surface area contributed by atoms with Crippen molar-refractivity contribution in [3.8, 4) is 0 Å². The summed E-state index contributed by atoms with van der Waals surface area (Å²) >= 11 is 0. The van der Waals surface area contributed by atoms with Gasteiger partial charge in [-0.3, -0.25) is 23.3 Å². The number of aryl methyl sites for hydroxylation is 1. The van der Waals surface area contributed by atoms with Gasteiger partial charge in [-0.05, 0) is 37.7 Å². The molecule has 3 aromatic heterocycles. The summed E-state index contributed by atoms with van der Waals surface area (Å²) in [4.78, 5) is 39.8. The van der Waals surface area contributed by atoms with Crippen LogP contribution in [-0.4, -0.2) is 98.5 Å². The van der Waals surface area contributed by atoms with E-state index in [9.17, 15) is 28.2 Å². The van der Waals surface area contributed by atoms with Crippen LogP contribution in [0.3, 0.4) is 0 Å². The largest absolute Gasteiger partial charge is 0.387 e. The number of aromatic nitrogens is 5. The van der Waals surface area contributed by atoms with Crippen molar-refractivity contribution in [3.05, 3.63) is 52.7 Å². The van der Waals surface area contributed by atoms with Gasteiger partial charge in [0.05, 0.1) is 12.9 Å². The fourth-order valence-corrected chi connectivity index (χ4v) is 5.61. The first-order chi connectivity index (χ1) is 21.0. The minimum Gasteiger partial charge on any atom is -0.387 e. The number of H-pyrrole nitrogens is 2. The zero-order valence-electron chi connectivity index (χ0n) is 24.6. The quantitative estimate of drug-likeness (QED) is 0.130. The number of ether oxygens (including phenoxy) is 1. The number of amides is 1. The maximum Gasteiger partial charge on any atom is 0.362 e. The number of fused-ring (bicyclic) bond motifs is 2. The number of hydrogen-bond donors (Lipinski definition) is 6. The Balaban J connectivity index is 0.000000566. The first-order valence-electron chi connectivity index (χ1n) is 14.2. The molecule has 4 heterocycles. The van der Waals surface area contributed by atoms with Gasteiger partial charge in [-0.1, -0.05) is 39.0 Å². The normalized spacial score (nSPS) is 20.2. The molecule has 240 valence electrons. The molecular weight excluding hydrogens is 596 g/mol. The van der Waals surface area contributed by atoms with E-state index in [1.54, 1.807) is 6.20 Å². The van der Waals surface area contributed by atoms with Crippen molar-refractivity contribution < 1.29 is 32.3 Å². The molecule has 1 aromatic carbocycles.